The molecule has 1 saturated carbocycles. The van der Waals surface area contributed by atoms with E-state index in [9.17, 15) is 0 Å². The van der Waals surface area contributed by atoms with E-state index in [0.717, 1.165) is 13.0 Å². The third-order valence-corrected chi connectivity index (χ3v) is 5.41. The predicted molar refractivity (Wildman–Crippen MR) is 91.6 cm³/mol. The summed E-state index contributed by atoms with van der Waals surface area (Å²) in [6, 6.07) is 10.6. The zero-order valence-electron chi connectivity index (χ0n) is 13.1. The molecule has 22 heavy (non-hydrogen) atoms. The minimum atomic E-state index is 0.290. The second kappa shape index (κ2) is 5.75. The van der Waals surface area contributed by atoms with Gasteiger partial charge in [0, 0.05) is 11.1 Å². The first-order chi connectivity index (χ1) is 10.9. The highest BCUT2D eigenvalue weighted by atomic mass is 15.0. The Kier molecular flexibility index (Phi) is 3.61. The number of allylic oxidation sites excluding steroid dienone is 3. The van der Waals surface area contributed by atoms with Crippen molar-refractivity contribution in [3.8, 4) is 0 Å². The second-order valence-corrected chi connectivity index (χ2v) is 6.92. The molecule has 0 aromatic heterocycles. The van der Waals surface area contributed by atoms with Crippen molar-refractivity contribution < 1.29 is 0 Å². The van der Waals surface area contributed by atoms with Gasteiger partial charge in [0.15, 0.2) is 0 Å². The maximum Gasteiger partial charge on any atom is 0.108 e. The molecule has 0 unspecified atom stereocenters. The van der Waals surface area contributed by atoms with Gasteiger partial charge in [0.1, 0.15) is 5.84 Å². The summed E-state index contributed by atoms with van der Waals surface area (Å²) in [5, 5.41) is 3.69. The lowest BCUT2D eigenvalue weighted by Crippen LogP contribution is -2.45. The Labute approximate surface area is 133 Å². The topological polar surface area (TPSA) is 24.4 Å². The van der Waals surface area contributed by atoms with Crippen LogP contribution >= 0.6 is 0 Å². The largest absolute Gasteiger partial charge is 0.344 e. The van der Waals surface area contributed by atoms with Gasteiger partial charge in [-0.1, -0.05) is 55.7 Å². The van der Waals surface area contributed by atoms with Gasteiger partial charge in [0.25, 0.3) is 0 Å². The molecule has 1 spiro atoms. The average molecular weight is 292 g/mol. The molecule has 2 heteroatoms. The molecule has 0 bridgehead atoms. The quantitative estimate of drug-likeness (QED) is 0.836. The fourth-order valence-corrected chi connectivity index (χ4v) is 4.20. The van der Waals surface area contributed by atoms with E-state index in [1.807, 2.05) is 0 Å². The molecule has 0 amide bonds. The van der Waals surface area contributed by atoms with Crippen molar-refractivity contribution in [3.63, 3.8) is 0 Å². The predicted octanol–water partition coefficient (Wildman–Crippen LogP) is 4.74. The third-order valence-electron chi connectivity index (χ3n) is 5.41. The van der Waals surface area contributed by atoms with Crippen molar-refractivity contribution in [2.24, 2.45) is 10.4 Å². The molecule has 1 fully saturated rings. The van der Waals surface area contributed by atoms with Crippen LogP contribution in [0.3, 0.4) is 0 Å². The van der Waals surface area contributed by atoms with Crippen molar-refractivity contribution in [3.05, 3.63) is 59.3 Å². The van der Waals surface area contributed by atoms with E-state index in [1.165, 1.54) is 55.6 Å². The SMILES string of the molecule is C1=CC2=C(C1)CC1(CCCCC1)C(=NCc1ccccc1)N2. The van der Waals surface area contributed by atoms with Crippen LogP contribution in [0.15, 0.2) is 58.7 Å². The summed E-state index contributed by atoms with van der Waals surface area (Å²) < 4.78 is 0. The van der Waals surface area contributed by atoms with Crippen LogP contribution in [-0.2, 0) is 6.54 Å². The fraction of sp³-hybridized carbons (Fsp3) is 0.450. The van der Waals surface area contributed by atoms with Crippen LogP contribution in [0.5, 0.6) is 0 Å². The van der Waals surface area contributed by atoms with E-state index < -0.39 is 0 Å². The smallest absolute Gasteiger partial charge is 0.108 e. The van der Waals surface area contributed by atoms with E-state index in [0.29, 0.717) is 0 Å². The lowest BCUT2D eigenvalue weighted by Gasteiger charge is -2.42. The van der Waals surface area contributed by atoms with Crippen LogP contribution in [0.1, 0.15) is 50.5 Å². The van der Waals surface area contributed by atoms with Gasteiger partial charge >= 0.3 is 0 Å². The Bertz CT molecular complexity index is 631. The molecule has 4 rings (SSSR count). The highest BCUT2D eigenvalue weighted by molar-refractivity contribution is 5.92. The van der Waals surface area contributed by atoms with Crippen LogP contribution < -0.4 is 5.32 Å². The molecule has 0 radical (unpaired) electrons. The maximum atomic E-state index is 5.03. The standard InChI is InChI=1S/C20H24N2/c1-3-8-16(9-4-1)15-21-19-20(12-5-2-6-13-20)14-17-10-7-11-18(17)22-19/h1,3-4,7-9,11H,2,5-6,10,12-15H2,(H,21,22). The summed E-state index contributed by atoms with van der Waals surface area (Å²) in [7, 11) is 0. The van der Waals surface area contributed by atoms with Crippen LogP contribution in [0.4, 0.5) is 0 Å². The molecular formula is C20H24N2. The van der Waals surface area contributed by atoms with E-state index >= 15 is 0 Å². The van der Waals surface area contributed by atoms with E-state index in [2.05, 4.69) is 47.8 Å². The highest BCUT2D eigenvalue weighted by Crippen LogP contribution is 2.46. The van der Waals surface area contributed by atoms with Crippen molar-refractivity contribution in [1.29, 1.82) is 0 Å². The Morgan fingerprint density at radius 2 is 1.86 bits per heavy atom. The Morgan fingerprint density at radius 3 is 2.68 bits per heavy atom. The molecule has 1 N–H and O–H groups in total. The van der Waals surface area contributed by atoms with Gasteiger partial charge in [-0.25, -0.2) is 0 Å². The monoisotopic (exact) mass is 292 g/mol. The first-order valence-electron chi connectivity index (χ1n) is 8.60. The first-order valence-corrected chi connectivity index (χ1v) is 8.60. The van der Waals surface area contributed by atoms with E-state index in [-0.39, 0.29) is 5.41 Å². The highest BCUT2D eigenvalue weighted by Gasteiger charge is 2.41. The Hall–Kier alpha value is -1.83. The van der Waals surface area contributed by atoms with Gasteiger partial charge in [-0.15, -0.1) is 0 Å². The van der Waals surface area contributed by atoms with Crippen LogP contribution in [0, 0.1) is 5.41 Å². The van der Waals surface area contributed by atoms with Crippen LogP contribution in [0.2, 0.25) is 0 Å². The summed E-state index contributed by atoms with van der Waals surface area (Å²) in [5.74, 6) is 1.25. The number of rotatable bonds is 2. The first kappa shape index (κ1) is 13.8. The molecular weight excluding hydrogens is 268 g/mol. The minimum absolute atomic E-state index is 0.290. The number of nitrogens with one attached hydrogen (secondary N) is 1. The van der Waals surface area contributed by atoms with Crippen LogP contribution in [-0.4, -0.2) is 5.84 Å². The van der Waals surface area contributed by atoms with Crippen LogP contribution in [0.25, 0.3) is 0 Å². The number of nitrogens with zero attached hydrogens (tertiary/aromatic N) is 1. The van der Waals surface area contributed by atoms with Gasteiger partial charge in [-0.05, 0) is 42.9 Å². The summed E-state index contributed by atoms with van der Waals surface area (Å²) in [6.45, 7) is 0.789. The molecule has 1 heterocycles. The van der Waals surface area contributed by atoms with Gasteiger partial charge in [0.2, 0.25) is 0 Å². The van der Waals surface area contributed by atoms with E-state index in [1.54, 1.807) is 5.57 Å². The molecule has 2 aliphatic carbocycles. The summed E-state index contributed by atoms with van der Waals surface area (Å²) in [5.41, 5.74) is 4.51. The van der Waals surface area contributed by atoms with Gasteiger partial charge in [-0.2, -0.15) is 0 Å². The number of hydrogen-bond donors (Lipinski definition) is 1. The second-order valence-electron chi connectivity index (χ2n) is 6.92. The van der Waals surface area contributed by atoms with E-state index in [4.69, 9.17) is 4.99 Å². The van der Waals surface area contributed by atoms with Gasteiger partial charge in [-0.3, -0.25) is 4.99 Å². The number of hydrogen-bond acceptors (Lipinski definition) is 1. The molecule has 3 aliphatic rings. The summed E-state index contributed by atoms with van der Waals surface area (Å²) >= 11 is 0. The number of benzene rings is 1. The zero-order valence-corrected chi connectivity index (χ0v) is 13.1. The zero-order chi connectivity index (χ0) is 14.8. The lowest BCUT2D eigenvalue weighted by atomic mass is 9.67. The lowest BCUT2D eigenvalue weighted by molar-refractivity contribution is 0.268. The van der Waals surface area contributed by atoms with Gasteiger partial charge in [0.05, 0.1) is 6.54 Å². The molecule has 1 aromatic rings. The maximum absolute atomic E-state index is 5.03. The molecule has 1 aromatic carbocycles. The molecule has 0 saturated heterocycles. The minimum Gasteiger partial charge on any atom is -0.344 e. The molecule has 0 atom stereocenters. The van der Waals surface area contributed by atoms with Crippen molar-refractivity contribution in [2.45, 2.75) is 51.5 Å². The van der Waals surface area contributed by atoms with Crippen molar-refractivity contribution >= 4 is 5.84 Å². The molecule has 114 valence electrons. The Balaban J connectivity index is 1.63. The normalized spacial score (nSPS) is 24.6. The van der Waals surface area contributed by atoms with Crippen molar-refractivity contribution in [1.82, 2.24) is 5.32 Å². The molecule has 2 nitrogen and oxygen atoms in total. The number of amidine groups is 1. The summed E-state index contributed by atoms with van der Waals surface area (Å²) in [4.78, 5) is 5.03. The fourth-order valence-electron chi connectivity index (χ4n) is 4.20. The summed E-state index contributed by atoms with van der Waals surface area (Å²) in [6.07, 6.45) is 13.6. The van der Waals surface area contributed by atoms with Gasteiger partial charge < -0.3 is 5.32 Å². The molecule has 1 aliphatic heterocycles. The third kappa shape index (κ3) is 2.51. The average Bonchev–Trinajstić information content (AvgIpc) is 3.01. The number of aliphatic imine (C=N–C) groups is 1. The Morgan fingerprint density at radius 1 is 1.05 bits per heavy atom. The van der Waals surface area contributed by atoms with Crippen molar-refractivity contribution in [2.75, 3.05) is 0 Å².